The molecule has 2 aromatic carbocycles. The molecule has 0 unspecified atom stereocenters. The van der Waals surface area contributed by atoms with E-state index in [1.54, 1.807) is 0 Å². The molecule has 0 saturated carbocycles. The quantitative estimate of drug-likeness (QED) is 0.447. The van der Waals surface area contributed by atoms with Crippen LogP contribution in [0.5, 0.6) is 0 Å². The SMILES string of the molecule is CC(C)(C)c1ccc(-c2cccc3c2CC(c2occc2[Si](C)(C)C)=C3)cc1. The number of benzene rings is 2. The molecule has 3 aromatic rings. The molecule has 1 nitrogen and oxygen atoms in total. The van der Waals surface area contributed by atoms with Crippen LogP contribution in [0.2, 0.25) is 19.6 Å². The average molecular weight is 387 g/mol. The van der Waals surface area contributed by atoms with Crippen molar-refractivity contribution in [2.45, 2.75) is 52.2 Å². The topological polar surface area (TPSA) is 13.1 Å². The molecule has 1 aliphatic carbocycles. The van der Waals surface area contributed by atoms with Crippen molar-refractivity contribution in [1.82, 2.24) is 0 Å². The summed E-state index contributed by atoms with van der Waals surface area (Å²) in [6, 6.07) is 17.9. The summed E-state index contributed by atoms with van der Waals surface area (Å²) in [5.74, 6) is 1.10. The number of rotatable bonds is 3. The molecule has 0 fully saturated rings. The lowest BCUT2D eigenvalue weighted by Crippen LogP contribution is -2.38. The molecule has 28 heavy (non-hydrogen) atoms. The fourth-order valence-corrected chi connectivity index (χ4v) is 5.55. The van der Waals surface area contributed by atoms with Crippen LogP contribution in [0.15, 0.2) is 59.2 Å². The zero-order valence-electron chi connectivity index (χ0n) is 17.9. The molecular formula is C26H30OSi. The van der Waals surface area contributed by atoms with Crippen molar-refractivity contribution in [3.05, 3.63) is 77.2 Å². The normalized spacial score (nSPS) is 14.1. The van der Waals surface area contributed by atoms with E-state index in [0.717, 1.165) is 12.2 Å². The first-order chi connectivity index (χ1) is 13.1. The van der Waals surface area contributed by atoms with Gasteiger partial charge >= 0.3 is 0 Å². The molecule has 144 valence electrons. The van der Waals surface area contributed by atoms with Gasteiger partial charge < -0.3 is 4.42 Å². The van der Waals surface area contributed by atoms with Crippen LogP contribution in [0.1, 0.15) is 43.2 Å². The van der Waals surface area contributed by atoms with Gasteiger partial charge in [-0.25, -0.2) is 0 Å². The van der Waals surface area contributed by atoms with Gasteiger partial charge in [0.25, 0.3) is 0 Å². The minimum atomic E-state index is -1.43. The second kappa shape index (κ2) is 6.63. The van der Waals surface area contributed by atoms with Crippen molar-refractivity contribution in [3.8, 4) is 11.1 Å². The maximum Gasteiger partial charge on any atom is 0.129 e. The van der Waals surface area contributed by atoms with E-state index in [4.69, 9.17) is 4.42 Å². The summed E-state index contributed by atoms with van der Waals surface area (Å²) in [5, 5.41) is 1.42. The van der Waals surface area contributed by atoms with Crippen LogP contribution in [0, 0.1) is 0 Å². The molecule has 0 radical (unpaired) electrons. The zero-order chi connectivity index (χ0) is 20.1. The largest absolute Gasteiger partial charge is 0.465 e. The molecule has 0 amide bonds. The second-order valence-corrected chi connectivity index (χ2v) is 15.0. The van der Waals surface area contributed by atoms with Gasteiger partial charge in [0.2, 0.25) is 0 Å². The van der Waals surface area contributed by atoms with Crippen LogP contribution in [-0.2, 0) is 11.8 Å². The van der Waals surface area contributed by atoms with Crippen molar-refractivity contribution < 1.29 is 4.42 Å². The Morgan fingerprint density at radius 1 is 0.893 bits per heavy atom. The van der Waals surface area contributed by atoms with Gasteiger partial charge in [0, 0.05) is 6.42 Å². The van der Waals surface area contributed by atoms with E-state index in [-0.39, 0.29) is 5.41 Å². The lowest BCUT2D eigenvalue weighted by Gasteiger charge is -2.19. The summed E-state index contributed by atoms with van der Waals surface area (Å²) in [6.07, 6.45) is 5.13. The highest BCUT2D eigenvalue weighted by Gasteiger charge is 2.27. The fraction of sp³-hybridized carbons (Fsp3) is 0.308. The van der Waals surface area contributed by atoms with Crippen molar-refractivity contribution in [2.75, 3.05) is 0 Å². The van der Waals surface area contributed by atoms with Crippen molar-refractivity contribution in [1.29, 1.82) is 0 Å². The molecule has 4 rings (SSSR count). The first-order valence-electron chi connectivity index (χ1n) is 10.2. The number of hydrogen-bond acceptors (Lipinski definition) is 1. The third kappa shape index (κ3) is 3.42. The molecule has 0 N–H and O–H groups in total. The Labute approximate surface area is 170 Å². The molecule has 1 aromatic heterocycles. The predicted octanol–water partition coefficient (Wildman–Crippen LogP) is 6.89. The van der Waals surface area contributed by atoms with Crippen LogP contribution >= 0.6 is 0 Å². The second-order valence-electron chi connectivity index (χ2n) is 9.96. The maximum absolute atomic E-state index is 5.97. The van der Waals surface area contributed by atoms with Gasteiger partial charge in [-0.2, -0.15) is 0 Å². The van der Waals surface area contributed by atoms with Crippen molar-refractivity contribution in [2.24, 2.45) is 0 Å². The first kappa shape index (κ1) is 19.0. The van der Waals surface area contributed by atoms with E-state index in [0.29, 0.717) is 0 Å². The summed E-state index contributed by atoms with van der Waals surface area (Å²) in [7, 11) is -1.43. The lowest BCUT2D eigenvalue weighted by atomic mass is 9.85. The van der Waals surface area contributed by atoms with Gasteiger partial charge in [0.05, 0.1) is 14.3 Å². The van der Waals surface area contributed by atoms with E-state index in [2.05, 4.69) is 95.0 Å². The van der Waals surface area contributed by atoms with Gasteiger partial charge in [-0.05, 0) is 56.1 Å². The number of hydrogen-bond donors (Lipinski definition) is 0. The minimum Gasteiger partial charge on any atom is -0.465 e. The monoisotopic (exact) mass is 386 g/mol. The van der Waals surface area contributed by atoms with Gasteiger partial charge in [-0.3, -0.25) is 0 Å². The third-order valence-electron chi connectivity index (χ3n) is 5.74. The average Bonchev–Trinajstić information content (AvgIpc) is 3.27. The fourth-order valence-electron chi connectivity index (χ4n) is 4.08. The standard InChI is InChI=1S/C26H30OSi/c1-26(2,3)21-12-10-18(11-13-21)22-9-7-8-19-16-20(17-23(19)22)25-24(14-15-27-25)28(4,5)6/h7-16H,17H2,1-6H3. The predicted molar refractivity (Wildman–Crippen MR) is 124 cm³/mol. The van der Waals surface area contributed by atoms with Crippen molar-refractivity contribution >= 4 is 24.9 Å². The van der Waals surface area contributed by atoms with E-state index < -0.39 is 8.07 Å². The van der Waals surface area contributed by atoms with E-state index in [9.17, 15) is 0 Å². The Kier molecular flexibility index (Phi) is 4.50. The first-order valence-corrected chi connectivity index (χ1v) is 13.7. The van der Waals surface area contributed by atoms with E-state index in [1.165, 1.54) is 38.6 Å². The lowest BCUT2D eigenvalue weighted by molar-refractivity contribution is 0.554. The summed E-state index contributed by atoms with van der Waals surface area (Å²) in [5.41, 5.74) is 8.24. The Morgan fingerprint density at radius 3 is 2.25 bits per heavy atom. The highest BCUT2D eigenvalue weighted by Crippen LogP contribution is 2.38. The van der Waals surface area contributed by atoms with Gasteiger partial charge in [0.15, 0.2) is 0 Å². The van der Waals surface area contributed by atoms with E-state index in [1.807, 2.05) is 6.26 Å². The number of allylic oxidation sites excluding steroid dienone is 1. The van der Waals surface area contributed by atoms with Crippen LogP contribution in [0.3, 0.4) is 0 Å². The summed E-state index contributed by atoms with van der Waals surface area (Å²) in [4.78, 5) is 0. The maximum atomic E-state index is 5.97. The van der Waals surface area contributed by atoms with E-state index >= 15 is 0 Å². The van der Waals surface area contributed by atoms with Crippen LogP contribution in [0.4, 0.5) is 0 Å². The Morgan fingerprint density at radius 2 is 1.61 bits per heavy atom. The van der Waals surface area contributed by atoms with Gasteiger partial charge in [-0.15, -0.1) is 0 Å². The number of furan rings is 1. The van der Waals surface area contributed by atoms with Crippen LogP contribution < -0.4 is 5.19 Å². The highest BCUT2D eigenvalue weighted by atomic mass is 28.3. The molecule has 1 aliphatic rings. The van der Waals surface area contributed by atoms with Gasteiger partial charge in [0.1, 0.15) is 5.76 Å². The molecule has 0 spiro atoms. The van der Waals surface area contributed by atoms with Crippen molar-refractivity contribution in [3.63, 3.8) is 0 Å². The highest BCUT2D eigenvalue weighted by molar-refractivity contribution is 6.89. The Bertz CT molecular complexity index is 1040. The van der Waals surface area contributed by atoms with Crippen LogP contribution in [-0.4, -0.2) is 8.07 Å². The number of fused-ring (bicyclic) bond motifs is 1. The molecule has 0 saturated heterocycles. The third-order valence-corrected chi connectivity index (χ3v) is 7.75. The molecule has 0 atom stereocenters. The zero-order valence-corrected chi connectivity index (χ0v) is 18.9. The summed E-state index contributed by atoms with van der Waals surface area (Å²) >= 11 is 0. The Hall–Kier alpha value is -2.32. The molecular weight excluding hydrogens is 356 g/mol. The molecule has 2 heteroatoms. The smallest absolute Gasteiger partial charge is 0.129 e. The molecule has 0 aliphatic heterocycles. The summed E-state index contributed by atoms with van der Waals surface area (Å²) in [6.45, 7) is 13.9. The molecule has 0 bridgehead atoms. The minimum absolute atomic E-state index is 0.179. The van der Waals surface area contributed by atoms with Crippen LogP contribution in [0.25, 0.3) is 22.8 Å². The Balaban J connectivity index is 1.70. The van der Waals surface area contributed by atoms with Gasteiger partial charge in [-0.1, -0.05) is 82.9 Å². The summed E-state index contributed by atoms with van der Waals surface area (Å²) < 4.78 is 5.97. The molecule has 1 heterocycles.